The molecule has 2 aromatic carbocycles. The molecular weight excluding hydrogens is 347 g/mol. The molecule has 0 spiro atoms. The molecule has 108 valence electrons. The molecule has 0 fully saturated rings. The summed E-state index contributed by atoms with van der Waals surface area (Å²) in [5.74, 6) is 1.25. The van der Waals surface area contributed by atoms with Gasteiger partial charge in [0.2, 0.25) is 0 Å². The predicted molar refractivity (Wildman–Crippen MR) is 92.7 cm³/mol. The van der Waals surface area contributed by atoms with Gasteiger partial charge in [0.05, 0.1) is 11.6 Å². The Morgan fingerprint density at radius 3 is 2.52 bits per heavy atom. The molecule has 0 radical (unpaired) electrons. The number of aliphatic imine (C=N–C) groups is 1. The van der Waals surface area contributed by atoms with E-state index in [4.69, 9.17) is 40.5 Å². The number of hydrogen-bond donors (Lipinski definition) is 1. The van der Waals surface area contributed by atoms with Crippen LogP contribution in [-0.2, 0) is 0 Å². The van der Waals surface area contributed by atoms with Crippen molar-refractivity contribution >= 4 is 58.1 Å². The van der Waals surface area contributed by atoms with E-state index in [0.717, 1.165) is 21.9 Å². The molecule has 0 saturated carbocycles. The van der Waals surface area contributed by atoms with Gasteiger partial charge in [-0.2, -0.15) is 0 Å². The highest BCUT2D eigenvalue weighted by atomic mass is 35.5. The first-order valence-corrected chi connectivity index (χ1v) is 8.38. The minimum Gasteiger partial charge on any atom is -0.387 e. The molecule has 1 unspecified atom stereocenters. The number of rotatable bonds is 1. The number of nitrogens with two attached hydrogens (primary N) is 1. The highest BCUT2D eigenvalue weighted by Crippen LogP contribution is 2.40. The fraction of sp³-hybridized carbons (Fsp3) is 0.133. The van der Waals surface area contributed by atoms with Crippen molar-refractivity contribution < 1.29 is 0 Å². The zero-order valence-corrected chi connectivity index (χ0v) is 13.9. The second kappa shape index (κ2) is 6.09. The summed E-state index contributed by atoms with van der Waals surface area (Å²) < 4.78 is 0. The topological polar surface area (TPSA) is 38.4 Å². The van der Waals surface area contributed by atoms with Gasteiger partial charge in [0.25, 0.3) is 0 Å². The molecule has 0 saturated heterocycles. The Hall–Kier alpha value is -0.870. The number of halogens is 3. The average molecular weight is 358 g/mol. The molecule has 1 aliphatic heterocycles. The van der Waals surface area contributed by atoms with Gasteiger partial charge < -0.3 is 5.73 Å². The maximum absolute atomic E-state index is 6.29. The number of benzene rings is 2. The van der Waals surface area contributed by atoms with Crippen LogP contribution in [0.25, 0.3) is 0 Å². The number of hydrogen-bond acceptors (Lipinski definition) is 3. The second-order valence-corrected chi connectivity index (χ2v) is 7.02. The summed E-state index contributed by atoms with van der Waals surface area (Å²) in [5.41, 5.74) is 7.93. The van der Waals surface area contributed by atoms with Gasteiger partial charge >= 0.3 is 0 Å². The SMILES string of the molecule is NC1=Nc2cc(Cl)ccc2SCC1c1ccc(Cl)cc1Cl. The smallest absolute Gasteiger partial charge is 0.108 e. The van der Waals surface area contributed by atoms with E-state index in [0.29, 0.717) is 20.9 Å². The number of fused-ring (bicyclic) bond motifs is 1. The third-order valence-corrected chi connectivity index (χ3v) is 5.22. The van der Waals surface area contributed by atoms with Gasteiger partial charge in [-0.1, -0.05) is 40.9 Å². The van der Waals surface area contributed by atoms with Gasteiger partial charge in [0, 0.05) is 25.7 Å². The molecule has 1 atom stereocenters. The Kier molecular flexibility index (Phi) is 4.36. The normalized spacial score (nSPS) is 17.9. The Labute approximate surface area is 142 Å². The molecular formula is C15H11Cl3N2S. The van der Waals surface area contributed by atoms with Crippen molar-refractivity contribution in [2.75, 3.05) is 5.75 Å². The monoisotopic (exact) mass is 356 g/mol. The lowest BCUT2D eigenvalue weighted by atomic mass is 10.00. The summed E-state index contributed by atoms with van der Waals surface area (Å²) in [5, 5.41) is 1.86. The number of nitrogens with zero attached hydrogens (tertiary/aromatic N) is 1. The predicted octanol–water partition coefficient (Wildman–Crippen LogP) is 5.53. The lowest BCUT2D eigenvalue weighted by Gasteiger charge is -2.16. The zero-order chi connectivity index (χ0) is 15.0. The van der Waals surface area contributed by atoms with Crippen LogP contribution < -0.4 is 5.73 Å². The quantitative estimate of drug-likeness (QED) is 0.729. The molecule has 3 rings (SSSR count). The largest absolute Gasteiger partial charge is 0.387 e. The lowest BCUT2D eigenvalue weighted by molar-refractivity contribution is 1.02. The highest BCUT2D eigenvalue weighted by molar-refractivity contribution is 7.99. The summed E-state index contributed by atoms with van der Waals surface area (Å²) in [6.07, 6.45) is 0. The van der Waals surface area contributed by atoms with Gasteiger partial charge in [-0.05, 0) is 35.9 Å². The van der Waals surface area contributed by atoms with Gasteiger partial charge in [-0.3, -0.25) is 0 Å². The standard InChI is InChI=1S/C15H11Cl3N2S/c16-8-1-3-10(12(18)5-8)11-7-21-14-4-2-9(17)6-13(14)20-15(11)19/h1-6,11H,7H2,(H2,19,20). The minimum absolute atomic E-state index is 0.0501. The molecule has 1 aliphatic rings. The van der Waals surface area contributed by atoms with Crippen molar-refractivity contribution in [3.8, 4) is 0 Å². The molecule has 2 N–H and O–H groups in total. The van der Waals surface area contributed by atoms with Crippen molar-refractivity contribution in [2.45, 2.75) is 10.8 Å². The summed E-state index contributed by atoms with van der Waals surface area (Å²) in [7, 11) is 0. The fourth-order valence-electron chi connectivity index (χ4n) is 2.21. The number of amidine groups is 1. The first kappa shape index (κ1) is 15.0. The summed E-state index contributed by atoms with van der Waals surface area (Å²) >= 11 is 20.0. The van der Waals surface area contributed by atoms with E-state index in [2.05, 4.69) is 4.99 Å². The van der Waals surface area contributed by atoms with Crippen molar-refractivity contribution in [1.82, 2.24) is 0 Å². The fourth-order valence-corrected chi connectivity index (χ4v) is 4.03. The van der Waals surface area contributed by atoms with E-state index in [-0.39, 0.29) is 5.92 Å². The first-order valence-electron chi connectivity index (χ1n) is 6.26. The van der Waals surface area contributed by atoms with Gasteiger partial charge in [-0.25, -0.2) is 4.99 Å². The molecule has 2 nitrogen and oxygen atoms in total. The van der Waals surface area contributed by atoms with Crippen LogP contribution >= 0.6 is 46.6 Å². The van der Waals surface area contributed by atoms with Gasteiger partial charge in [-0.15, -0.1) is 11.8 Å². The zero-order valence-electron chi connectivity index (χ0n) is 10.8. The minimum atomic E-state index is -0.0501. The lowest BCUT2D eigenvalue weighted by Crippen LogP contribution is -2.23. The molecule has 0 amide bonds. The van der Waals surface area contributed by atoms with Gasteiger partial charge in [0.1, 0.15) is 5.84 Å². The third kappa shape index (κ3) is 3.16. The van der Waals surface area contributed by atoms with Crippen LogP contribution in [0.3, 0.4) is 0 Å². The van der Waals surface area contributed by atoms with E-state index in [1.807, 2.05) is 30.3 Å². The molecule has 0 aliphatic carbocycles. The van der Waals surface area contributed by atoms with Crippen LogP contribution in [0, 0.1) is 0 Å². The van der Waals surface area contributed by atoms with Crippen LogP contribution in [0.1, 0.15) is 11.5 Å². The highest BCUT2D eigenvalue weighted by Gasteiger charge is 2.23. The molecule has 0 bridgehead atoms. The molecule has 1 heterocycles. The third-order valence-electron chi connectivity index (χ3n) is 3.27. The Morgan fingerprint density at radius 2 is 1.76 bits per heavy atom. The van der Waals surface area contributed by atoms with Crippen LogP contribution in [0.4, 0.5) is 5.69 Å². The number of thioether (sulfide) groups is 1. The van der Waals surface area contributed by atoms with E-state index < -0.39 is 0 Å². The van der Waals surface area contributed by atoms with E-state index in [9.17, 15) is 0 Å². The molecule has 2 aromatic rings. The Balaban J connectivity index is 2.02. The average Bonchev–Trinajstić information content (AvgIpc) is 2.57. The molecule has 0 aromatic heterocycles. The van der Waals surface area contributed by atoms with E-state index in [1.165, 1.54) is 0 Å². The Bertz CT molecular complexity index is 731. The van der Waals surface area contributed by atoms with Crippen LogP contribution in [0.2, 0.25) is 15.1 Å². The van der Waals surface area contributed by atoms with Crippen LogP contribution in [0.15, 0.2) is 46.3 Å². The second-order valence-electron chi connectivity index (χ2n) is 4.68. The summed E-state index contributed by atoms with van der Waals surface area (Å²) in [6, 6.07) is 11.1. The maximum Gasteiger partial charge on any atom is 0.108 e. The van der Waals surface area contributed by atoms with Crippen molar-refractivity contribution in [3.05, 3.63) is 57.0 Å². The summed E-state index contributed by atoms with van der Waals surface area (Å²) in [4.78, 5) is 5.58. The maximum atomic E-state index is 6.29. The Morgan fingerprint density at radius 1 is 1.05 bits per heavy atom. The molecule has 6 heteroatoms. The van der Waals surface area contributed by atoms with Gasteiger partial charge in [0.15, 0.2) is 0 Å². The molecule has 21 heavy (non-hydrogen) atoms. The summed E-state index contributed by atoms with van der Waals surface area (Å²) in [6.45, 7) is 0. The van der Waals surface area contributed by atoms with Crippen molar-refractivity contribution in [1.29, 1.82) is 0 Å². The van der Waals surface area contributed by atoms with E-state index in [1.54, 1.807) is 17.8 Å². The van der Waals surface area contributed by atoms with Crippen LogP contribution in [-0.4, -0.2) is 11.6 Å². The first-order chi connectivity index (χ1) is 10.0. The van der Waals surface area contributed by atoms with Crippen LogP contribution in [0.5, 0.6) is 0 Å². The van der Waals surface area contributed by atoms with Crippen molar-refractivity contribution in [2.24, 2.45) is 10.7 Å². The van der Waals surface area contributed by atoms with Crippen molar-refractivity contribution in [3.63, 3.8) is 0 Å². The van der Waals surface area contributed by atoms with E-state index >= 15 is 0 Å².